The molecule has 0 saturated carbocycles. The number of thiophene rings is 1. The molecule has 0 bridgehead atoms. The van der Waals surface area contributed by atoms with E-state index in [0.717, 1.165) is 0 Å². The van der Waals surface area contributed by atoms with Crippen LogP contribution in [0.2, 0.25) is 0 Å². The molecule has 0 radical (unpaired) electrons. The van der Waals surface area contributed by atoms with Gasteiger partial charge in [-0.15, -0.1) is 11.3 Å². The van der Waals surface area contributed by atoms with E-state index in [1.54, 1.807) is 0 Å². The van der Waals surface area contributed by atoms with Gasteiger partial charge in [0.1, 0.15) is 0 Å². The van der Waals surface area contributed by atoms with Crippen LogP contribution in [0, 0.1) is 0 Å². The lowest BCUT2D eigenvalue weighted by Gasteiger charge is -2.34. The maximum absolute atomic E-state index is 2.45. The van der Waals surface area contributed by atoms with Crippen molar-refractivity contribution in [2.45, 2.75) is 5.41 Å². The third-order valence-corrected chi connectivity index (χ3v) is 15.4. The van der Waals surface area contributed by atoms with E-state index in [0.29, 0.717) is 0 Å². The zero-order valence-corrected chi connectivity index (χ0v) is 38.1. The van der Waals surface area contributed by atoms with Gasteiger partial charge in [-0.1, -0.05) is 224 Å². The Hall–Kier alpha value is -8.36. The van der Waals surface area contributed by atoms with Gasteiger partial charge in [0.2, 0.25) is 0 Å². The molecule has 318 valence electrons. The number of hydrogen-bond acceptors (Lipinski definition) is 1. The van der Waals surface area contributed by atoms with Crippen molar-refractivity contribution in [3.8, 4) is 77.9 Å². The van der Waals surface area contributed by atoms with Crippen LogP contribution in [0.15, 0.2) is 267 Å². The molecule has 0 N–H and O–H groups in total. The first-order chi connectivity index (χ1) is 33.7. The minimum atomic E-state index is -0.437. The molecule has 1 aliphatic carbocycles. The van der Waals surface area contributed by atoms with E-state index in [2.05, 4.69) is 267 Å². The normalized spacial score (nSPS) is 12.5. The van der Waals surface area contributed by atoms with Crippen molar-refractivity contribution in [3.05, 3.63) is 289 Å². The molecule has 0 nitrogen and oxygen atoms in total. The van der Waals surface area contributed by atoms with Gasteiger partial charge >= 0.3 is 0 Å². The summed E-state index contributed by atoms with van der Waals surface area (Å²) >= 11 is 1.88. The quantitative estimate of drug-likeness (QED) is 0.143. The van der Waals surface area contributed by atoms with Gasteiger partial charge < -0.3 is 0 Å². The first-order valence-corrected chi connectivity index (χ1v) is 24.3. The molecule has 1 aromatic heterocycles. The van der Waals surface area contributed by atoms with Gasteiger partial charge in [0.15, 0.2) is 0 Å². The van der Waals surface area contributed by atoms with Crippen molar-refractivity contribution in [3.63, 3.8) is 0 Å². The predicted octanol–water partition coefficient (Wildman–Crippen LogP) is 18.4. The molecule has 0 spiro atoms. The summed E-state index contributed by atoms with van der Waals surface area (Å²) in [6.07, 6.45) is 0. The number of fused-ring (bicyclic) bond motifs is 6. The standard InChI is InChI=1S/C67H44S/c1-3-27-56(28-4-1)67(57-29-5-2-6-30-57)63-35-9-7-31-59(63)60-38-37-54(44-64(60)67)52-24-14-22-50(42-52)48-20-12-18-46(40-48)45-17-11-19-47(39-45)49-21-13-23-51(41-49)53-25-15-26-55(43-53)58-33-16-34-62-61-32-8-10-36-65(61)68-66(58)62/h1-44H. The number of rotatable bonds is 8. The Balaban J connectivity index is 0.822. The maximum Gasteiger partial charge on any atom is 0.0713 e. The van der Waals surface area contributed by atoms with Crippen LogP contribution in [-0.2, 0) is 5.41 Å². The van der Waals surface area contributed by atoms with Crippen LogP contribution in [-0.4, -0.2) is 0 Å². The molecule has 0 unspecified atom stereocenters. The zero-order chi connectivity index (χ0) is 45.0. The Morgan fingerprint density at radius 1 is 0.235 bits per heavy atom. The van der Waals surface area contributed by atoms with Gasteiger partial charge in [-0.2, -0.15) is 0 Å². The lowest BCUT2D eigenvalue weighted by atomic mass is 9.67. The molecule has 1 heterocycles. The molecule has 11 aromatic carbocycles. The molecule has 1 aliphatic rings. The minimum absolute atomic E-state index is 0.437. The largest absolute Gasteiger partial charge is 0.135 e. The molecule has 13 rings (SSSR count). The third-order valence-electron chi connectivity index (χ3n) is 14.2. The van der Waals surface area contributed by atoms with Crippen molar-refractivity contribution in [1.29, 1.82) is 0 Å². The lowest BCUT2D eigenvalue weighted by molar-refractivity contribution is 0.769. The second-order valence-electron chi connectivity index (χ2n) is 18.0. The summed E-state index contributed by atoms with van der Waals surface area (Å²) in [7, 11) is 0. The molecular formula is C67H44S. The summed E-state index contributed by atoms with van der Waals surface area (Å²) in [5, 5.41) is 2.65. The van der Waals surface area contributed by atoms with Crippen molar-refractivity contribution in [2.75, 3.05) is 0 Å². The summed E-state index contributed by atoms with van der Waals surface area (Å²) in [5.74, 6) is 0. The fraction of sp³-hybridized carbons (Fsp3) is 0.0149. The smallest absolute Gasteiger partial charge is 0.0713 e. The zero-order valence-electron chi connectivity index (χ0n) is 37.3. The highest BCUT2D eigenvalue weighted by molar-refractivity contribution is 7.26. The van der Waals surface area contributed by atoms with Crippen LogP contribution in [0.1, 0.15) is 22.3 Å². The Bertz CT molecular complexity index is 3820. The molecule has 1 heteroatoms. The van der Waals surface area contributed by atoms with Crippen molar-refractivity contribution in [1.82, 2.24) is 0 Å². The van der Waals surface area contributed by atoms with Crippen molar-refractivity contribution >= 4 is 31.5 Å². The van der Waals surface area contributed by atoms with Gasteiger partial charge in [-0.25, -0.2) is 0 Å². The summed E-state index contributed by atoms with van der Waals surface area (Å²) in [5.41, 5.74) is 21.9. The van der Waals surface area contributed by atoms with Crippen LogP contribution in [0.25, 0.3) is 98.1 Å². The first kappa shape index (κ1) is 40.0. The highest BCUT2D eigenvalue weighted by Gasteiger charge is 2.46. The Morgan fingerprint density at radius 2 is 0.618 bits per heavy atom. The van der Waals surface area contributed by atoms with Gasteiger partial charge in [-0.3, -0.25) is 0 Å². The predicted molar refractivity (Wildman–Crippen MR) is 289 cm³/mol. The fourth-order valence-corrected chi connectivity index (χ4v) is 12.2. The summed E-state index contributed by atoms with van der Waals surface area (Å²) in [6.45, 7) is 0. The summed E-state index contributed by atoms with van der Waals surface area (Å²) in [4.78, 5) is 0. The second kappa shape index (κ2) is 16.5. The van der Waals surface area contributed by atoms with E-state index < -0.39 is 5.41 Å². The van der Waals surface area contributed by atoms with E-state index in [9.17, 15) is 0 Å². The molecule has 0 saturated heterocycles. The highest BCUT2D eigenvalue weighted by Crippen LogP contribution is 2.56. The van der Waals surface area contributed by atoms with Crippen molar-refractivity contribution in [2.24, 2.45) is 0 Å². The van der Waals surface area contributed by atoms with Crippen molar-refractivity contribution < 1.29 is 0 Å². The van der Waals surface area contributed by atoms with Gasteiger partial charge in [0.25, 0.3) is 0 Å². The molecule has 0 aliphatic heterocycles. The van der Waals surface area contributed by atoms with Crippen LogP contribution in [0.3, 0.4) is 0 Å². The minimum Gasteiger partial charge on any atom is -0.135 e. The van der Waals surface area contributed by atoms with Crippen LogP contribution < -0.4 is 0 Å². The Labute approximate surface area is 401 Å². The van der Waals surface area contributed by atoms with Gasteiger partial charge in [0, 0.05) is 20.2 Å². The monoisotopic (exact) mass is 880 g/mol. The van der Waals surface area contributed by atoms with Gasteiger partial charge in [-0.05, 0) is 143 Å². The highest BCUT2D eigenvalue weighted by atomic mass is 32.1. The third kappa shape index (κ3) is 6.66. The Morgan fingerprint density at radius 3 is 1.16 bits per heavy atom. The van der Waals surface area contributed by atoms with E-state index in [4.69, 9.17) is 0 Å². The molecule has 0 fully saturated rings. The molecular weight excluding hydrogens is 837 g/mol. The first-order valence-electron chi connectivity index (χ1n) is 23.5. The second-order valence-corrected chi connectivity index (χ2v) is 19.0. The summed E-state index contributed by atoms with van der Waals surface area (Å²) < 4.78 is 2.67. The topological polar surface area (TPSA) is 0 Å². The van der Waals surface area contributed by atoms with E-state index >= 15 is 0 Å². The number of hydrogen-bond donors (Lipinski definition) is 0. The van der Waals surface area contributed by atoms with Gasteiger partial charge in [0.05, 0.1) is 5.41 Å². The molecule has 0 amide bonds. The molecule has 12 aromatic rings. The van der Waals surface area contributed by atoms with E-state index in [1.165, 1.54) is 120 Å². The van der Waals surface area contributed by atoms with Crippen LogP contribution in [0.4, 0.5) is 0 Å². The maximum atomic E-state index is 2.45. The van der Waals surface area contributed by atoms with E-state index in [-0.39, 0.29) is 0 Å². The molecule has 0 atom stereocenters. The van der Waals surface area contributed by atoms with Crippen LogP contribution >= 0.6 is 11.3 Å². The Kier molecular flexibility index (Phi) is 9.70. The lowest BCUT2D eigenvalue weighted by Crippen LogP contribution is -2.28. The average molecular weight is 881 g/mol. The molecule has 68 heavy (non-hydrogen) atoms. The SMILES string of the molecule is c1ccc(C2(c3ccccc3)c3ccccc3-c3ccc(-c4cccc(-c5cccc(-c6cccc(-c7cccc(-c8cccc(-c9cccc%10c9sc9ccccc9%10)c8)c7)c6)c5)c4)cc32)cc1. The van der Waals surface area contributed by atoms with Crippen LogP contribution in [0.5, 0.6) is 0 Å². The fourth-order valence-electron chi connectivity index (χ4n) is 11.0. The number of benzene rings is 11. The summed E-state index contributed by atoms with van der Waals surface area (Å²) in [6, 6.07) is 98.7. The van der Waals surface area contributed by atoms with E-state index in [1.807, 2.05) is 11.3 Å². The average Bonchev–Trinajstić information content (AvgIpc) is 3.95.